The summed E-state index contributed by atoms with van der Waals surface area (Å²) in [6.45, 7) is 4.12. The first-order chi connectivity index (χ1) is 12.6. The molecule has 1 aromatic heterocycles. The van der Waals surface area contributed by atoms with Crippen LogP contribution in [0.25, 0.3) is 16.5 Å². The highest BCUT2D eigenvalue weighted by Crippen LogP contribution is 2.34. The van der Waals surface area contributed by atoms with Crippen molar-refractivity contribution in [2.45, 2.75) is 31.8 Å². The Bertz CT molecular complexity index is 1030. The van der Waals surface area contributed by atoms with Crippen molar-refractivity contribution in [3.63, 3.8) is 0 Å². The molecular formula is C22H20O4. The molecule has 1 aliphatic rings. The molecule has 1 N–H and O–H groups in total. The molecule has 4 heteroatoms. The Morgan fingerprint density at radius 3 is 2.65 bits per heavy atom. The molecule has 1 fully saturated rings. The van der Waals surface area contributed by atoms with Crippen LogP contribution in [0.3, 0.4) is 0 Å². The van der Waals surface area contributed by atoms with E-state index in [0.717, 1.165) is 23.8 Å². The van der Waals surface area contributed by atoms with Gasteiger partial charge in [-0.2, -0.15) is 0 Å². The average molecular weight is 348 g/mol. The van der Waals surface area contributed by atoms with Gasteiger partial charge in [0.1, 0.15) is 17.1 Å². The average Bonchev–Trinajstić information content (AvgIpc) is 3.14. The largest absolute Gasteiger partial charge is 0.507 e. The van der Waals surface area contributed by atoms with Gasteiger partial charge >= 0.3 is 5.63 Å². The third-order valence-corrected chi connectivity index (χ3v) is 4.87. The van der Waals surface area contributed by atoms with Gasteiger partial charge in [-0.3, -0.25) is 0 Å². The van der Waals surface area contributed by atoms with Crippen molar-refractivity contribution >= 4 is 16.5 Å². The molecule has 132 valence electrons. The topological polar surface area (TPSA) is 59.7 Å². The summed E-state index contributed by atoms with van der Waals surface area (Å²) >= 11 is 0. The molecule has 4 rings (SSSR count). The van der Waals surface area contributed by atoms with E-state index in [1.165, 1.54) is 18.9 Å². The minimum atomic E-state index is -0.375. The number of aromatic hydroxyl groups is 1. The maximum atomic E-state index is 11.3. The highest BCUT2D eigenvalue weighted by atomic mass is 16.5. The first-order valence-electron chi connectivity index (χ1n) is 8.83. The van der Waals surface area contributed by atoms with Crippen LogP contribution in [0.5, 0.6) is 11.5 Å². The zero-order chi connectivity index (χ0) is 18.1. The predicted octanol–water partition coefficient (Wildman–Crippen LogP) is 4.88. The molecular weight excluding hydrogens is 328 g/mol. The van der Waals surface area contributed by atoms with Gasteiger partial charge in [0.2, 0.25) is 0 Å². The molecule has 1 heterocycles. The second-order valence-electron chi connectivity index (χ2n) is 6.69. The predicted molar refractivity (Wildman–Crippen MR) is 102 cm³/mol. The van der Waals surface area contributed by atoms with Gasteiger partial charge in [0.15, 0.2) is 0 Å². The van der Waals surface area contributed by atoms with Crippen LogP contribution in [0.2, 0.25) is 0 Å². The van der Waals surface area contributed by atoms with Gasteiger partial charge in [0, 0.05) is 23.1 Å². The highest BCUT2D eigenvalue weighted by Gasteiger charge is 2.17. The summed E-state index contributed by atoms with van der Waals surface area (Å²) in [5.41, 5.74) is 2.35. The highest BCUT2D eigenvalue weighted by molar-refractivity contribution is 5.87. The number of phenols is 1. The third kappa shape index (κ3) is 3.23. The molecule has 0 unspecified atom stereocenters. The van der Waals surface area contributed by atoms with Crippen molar-refractivity contribution in [1.82, 2.24) is 0 Å². The van der Waals surface area contributed by atoms with E-state index < -0.39 is 0 Å². The first-order valence-corrected chi connectivity index (χ1v) is 8.83. The first kappa shape index (κ1) is 16.5. The van der Waals surface area contributed by atoms with E-state index >= 15 is 0 Å². The molecule has 26 heavy (non-hydrogen) atoms. The molecule has 0 spiro atoms. The van der Waals surface area contributed by atoms with Crippen molar-refractivity contribution in [2.75, 3.05) is 0 Å². The molecule has 0 aliphatic heterocycles. The molecule has 4 nitrogen and oxygen atoms in total. The van der Waals surface area contributed by atoms with E-state index in [2.05, 4.69) is 6.58 Å². The van der Waals surface area contributed by atoms with E-state index in [4.69, 9.17) is 9.15 Å². The molecule has 2 aromatic carbocycles. The van der Waals surface area contributed by atoms with Gasteiger partial charge in [-0.05, 0) is 67.2 Å². The fourth-order valence-corrected chi connectivity index (χ4v) is 3.45. The van der Waals surface area contributed by atoms with Gasteiger partial charge < -0.3 is 14.3 Å². The number of hydrogen-bond acceptors (Lipinski definition) is 4. The monoisotopic (exact) mass is 348 g/mol. The summed E-state index contributed by atoms with van der Waals surface area (Å²) in [6.07, 6.45) is 4.80. The van der Waals surface area contributed by atoms with E-state index in [-0.39, 0.29) is 17.5 Å². The summed E-state index contributed by atoms with van der Waals surface area (Å²) in [7, 11) is 0. The molecule has 0 amide bonds. The van der Waals surface area contributed by atoms with Gasteiger partial charge in [-0.25, -0.2) is 4.79 Å². The fraction of sp³-hybridized carbons (Fsp3) is 0.227. The Kier molecular flexibility index (Phi) is 4.25. The van der Waals surface area contributed by atoms with Crippen LogP contribution in [0, 0.1) is 0 Å². The fourth-order valence-electron chi connectivity index (χ4n) is 3.45. The molecule has 1 saturated carbocycles. The van der Waals surface area contributed by atoms with E-state index in [0.29, 0.717) is 22.5 Å². The Morgan fingerprint density at radius 2 is 1.88 bits per heavy atom. The SMILES string of the molecule is C=C(c1ccc2oc(=O)ccc2c1)c1ccc(OC2CCCC2)cc1O. The number of ether oxygens (including phenoxy) is 1. The van der Waals surface area contributed by atoms with Crippen LogP contribution in [-0.4, -0.2) is 11.2 Å². The van der Waals surface area contributed by atoms with Crippen LogP contribution in [0.15, 0.2) is 64.3 Å². The van der Waals surface area contributed by atoms with Gasteiger partial charge in [-0.15, -0.1) is 0 Å². The zero-order valence-electron chi connectivity index (χ0n) is 14.4. The van der Waals surface area contributed by atoms with Gasteiger partial charge in [0.05, 0.1) is 6.10 Å². The van der Waals surface area contributed by atoms with E-state index in [1.54, 1.807) is 18.2 Å². The molecule has 0 bridgehead atoms. The number of fused-ring (bicyclic) bond motifs is 1. The second-order valence-corrected chi connectivity index (χ2v) is 6.69. The molecule has 0 radical (unpaired) electrons. The van der Waals surface area contributed by atoms with Crippen LogP contribution >= 0.6 is 0 Å². The Labute approximate surface area is 151 Å². The van der Waals surface area contributed by atoms with Crippen molar-refractivity contribution in [3.05, 3.63) is 76.7 Å². The normalized spacial score (nSPS) is 14.6. The summed E-state index contributed by atoms with van der Waals surface area (Å²) in [4.78, 5) is 11.3. The van der Waals surface area contributed by atoms with Crippen LogP contribution < -0.4 is 10.4 Å². The summed E-state index contributed by atoms with van der Waals surface area (Å²) in [6, 6.07) is 13.9. The summed E-state index contributed by atoms with van der Waals surface area (Å²) < 4.78 is 11.1. The van der Waals surface area contributed by atoms with Gasteiger partial charge in [0.25, 0.3) is 0 Å². The zero-order valence-corrected chi connectivity index (χ0v) is 14.4. The maximum absolute atomic E-state index is 11.3. The lowest BCUT2D eigenvalue weighted by molar-refractivity contribution is 0.209. The van der Waals surface area contributed by atoms with E-state index in [1.807, 2.05) is 24.3 Å². The maximum Gasteiger partial charge on any atom is 0.336 e. The minimum absolute atomic E-state index is 0.144. The van der Waals surface area contributed by atoms with Crippen molar-refractivity contribution in [2.24, 2.45) is 0 Å². The molecule has 3 aromatic rings. The lowest BCUT2D eigenvalue weighted by Crippen LogP contribution is -2.10. The summed E-state index contributed by atoms with van der Waals surface area (Å²) in [5, 5.41) is 11.3. The molecule has 1 aliphatic carbocycles. The van der Waals surface area contributed by atoms with Crippen molar-refractivity contribution in [1.29, 1.82) is 0 Å². The van der Waals surface area contributed by atoms with Crippen molar-refractivity contribution in [3.8, 4) is 11.5 Å². The minimum Gasteiger partial charge on any atom is -0.507 e. The lowest BCUT2D eigenvalue weighted by atomic mass is 9.97. The van der Waals surface area contributed by atoms with E-state index in [9.17, 15) is 9.90 Å². The van der Waals surface area contributed by atoms with Crippen molar-refractivity contribution < 1.29 is 14.3 Å². The Morgan fingerprint density at radius 1 is 1.08 bits per heavy atom. The van der Waals surface area contributed by atoms with Crippen LogP contribution in [0.1, 0.15) is 36.8 Å². The second kappa shape index (κ2) is 6.71. The van der Waals surface area contributed by atoms with Crippen LogP contribution in [-0.2, 0) is 0 Å². The summed E-state index contributed by atoms with van der Waals surface area (Å²) in [5.74, 6) is 0.830. The Balaban J connectivity index is 1.61. The number of hydrogen-bond donors (Lipinski definition) is 1. The smallest absolute Gasteiger partial charge is 0.336 e. The van der Waals surface area contributed by atoms with Gasteiger partial charge in [-0.1, -0.05) is 12.6 Å². The van der Waals surface area contributed by atoms with Crippen LogP contribution in [0.4, 0.5) is 0 Å². The third-order valence-electron chi connectivity index (χ3n) is 4.87. The molecule has 0 atom stereocenters. The quantitative estimate of drug-likeness (QED) is 0.683. The molecule has 0 saturated heterocycles. The lowest BCUT2D eigenvalue weighted by Gasteiger charge is -2.15. The number of rotatable bonds is 4. The number of benzene rings is 2. The number of phenolic OH excluding ortho intramolecular Hbond substituents is 1. The Hall–Kier alpha value is -3.01. The standard InChI is InChI=1S/C22H20O4/c1-14(15-6-10-21-16(12-15)7-11-22(24)26-21)19-9-8-18(13-20(19)23)25-17-4-2-3-5-17/h6-13,17,23H,1-5H2.